The van der Waals surface area contributed by atoms with Crippen molar-refractivity contribution >= 4 is 11.3 Å². The van der Waals surface area contributed by atoms with Crippen molar-refractivity contribution in [2.24, 2.45) is 0 Å². The van der Waals surface area contributed by atoms with E-state index in [9.17, 15) is 5.26 Å². The van der Waals surface area contributed by atoms with Crippen molar-refractivity contribution in [3.8, 4) is 17.2 Å². The Hall–Kier alpha value is -4.09. The fourth-order valence-electron chi connectivity index (χ4n) is 4.51. The lowest BCUT2D eigenvalue weighted by Gasteiger charge is -2.13. The summed E-state index contributed by atoms with van der Waals surface area (Å²) in [6, 6.07) is 36.3. The minimum absolute atomic E-state index is 0.760. The smallest absolute Gasteiger partial charge is 0.0918 e. The van der Waals surface area contributed by atoms with E-state index in [1.807, 2.05) is 6.07 Å². The van der Waals surface area contributed by atoms with Crippen LogP contribution >= 0.6 is 0 Å². The third kappa shape index (κ3) is 4.06. The molecule has 4 aromatic rings. The molecule has 0 fully saturated rings. The highest BCUT2D eigenvalue weighted by Crippen LogP contribution is 2.34. The van der Waals surface area contributed by atoms with Crippen molar-refractivity contribution < 1.29 is 0 Å². The van der Waals surface area contributed by atoms with Gasteiger partial charge in [0, 0.05) is 18.3 Å². The molecule has 154 valence electrons. The number of rotatable bonds is 4. The highest BCUT2D eigenvalue weighted by molar-refractivity contribution is 5.85. The van der Waals surface area contributed by atoms with Gasteiger partial charge >= 0.3 is 0 Å². The molecule has 1 aliphatic rings. The number of hydrogen-bond donors (Lipinski definition) is 1. The number of fused-ring (bicyclic) bond motifs is 2. The van der Waals surface area contributed by atoms with E-state index in [4.69, 9.17) is 0 Å². The van der Waals surface area contributed by atoms with Crippen LogP contribution in [0.25, 0.3) is 16.7 Å². The van der Waals surface area contributed by atoms with E-state index in [-0.39, 0.29) is 0 Å². The average molecular weight is 413 g/mol. The summed E-state index contributed by atoms with van der Waals surface area (Å²) in [6.07, 6.45) is 3.66. The van der Waals surface area contributed by atoms with E-state index in [0.29, 0.717) is 0 Å². The number of nitriles is 1. The molecule has 0 heterocycles. The van der Waals surface area contributed by atoms with Gasteiger partial charge in [-0.05, 0) is 69.5 Å². The lowest BCUT2D eigenvalue weighted by atomic mass is 9.93. The van der Waals surface area contributed by atoms with Crippen LogP contribution in [-0.2, 0) is 19.4 Å². The molecule has 0 aliphatic heterocycles. The normalized spacial score (nSPS) is 13.5. The van der Waals surface area contributed by atoms with Gasteiger partial charge in [-0.25, -0.2) is 0 Å². The van der Waals surface area contributed by atoms with Gasteiger partial charge in [0.25, 0.3) is 0 Å². The summed E-state index contributed by atoms with van der Waals surface area (Å²) in [4.78, 5) is 0. The van der Waals surface area contributed by atoms with Crippen LogP contribution < -0.4 is 5.32 Å². The van der Waals surface area contributed by atoms with Gasteiger partial charge in [0.2, 0.25) is 0 Å². The fourth-order valence-corrected chi connectivity index (χ4v) is 4.51. The molecule has 0 unspecified atom stereocenters. The van der Waals surface area contributed by atoms with Crippen molar-refractivity contribution in [1.29, 1.82) is 5.26 Å². The Bertz CT molecular complexity index is 1330. The summed E-state index contributed by atoms with van der Waals surface area (Å²) in [5, 5.41) is 13.0. The molecule has 32 heavy (non-hydrogen) atoms. The summed E-state index contributed by atoms with van der Waals surface area (Å²) in [5.41, 5.74) is 10.8. The standard InChI is InChI=1S/C30H24N2/c31-18-17-30-28-12-5-4-9-24(28)14-15-26-19-22(13-16-29(26)30)21-32-27-11-6-10-25(20-27)23-7-2-1-3-8-23/h1-13,16-17,19-20,32H,14-15,21H2. The molecule has 0 saturated heterocycles. The number of aryl methyl sites for hydroxylation is 2. The van der Waals surface area contributed by atoms with E-state index in [0.717, 1.165) is 30.6 Å². The quantitative estimate of drug-likeness (QED) is 0.366. The molecule has 2 nitrogen and oxygen atoms in total. The number of nitrogens with one attached hydrogen (secondary N) is 1. The van der Waals surface area contributed by atoms with Gasteiger partial charge in [0.1, 0.15) is 0 Å². The predicted molar refractivity (Wildman–Crippen MR) is 132 cm³/mol. The summed E-state index contributed by atoms with van der Waals surface area (Å²) < 4.78 is 0. The third-order valence-corrected chi connectivity index (χ3v) is 6.11. The van der Waals surface area contributed by atoms with Crippen LogP contribution in [0.5, 0.6) is 0 Å². The van der Waals surface area contributed by atoms with E-state index in [1.165, 1.54) is 38.9 Å². The zero-order valence-corrected chi connectivity index (χ0v) is 17.9. The van der Waals surface area contributed by atoms with Crippen molar-refractivity contribution in [3.63, 3.8) is 0 Å². The maximum atomic E-state index is 9.39. The number of allylic oxidation sites excluding steroid dienone is 1. The summed E-state index contributed by atoms with van der Waals surface area (Å²) in [7, 11) is 0. The first-order valence-corrected chi connectivity index (χ1v) is 11.0. The average Bonchev–Trinajstić information content (AvgIpc) is 3.01. The van der Waals surface area contributed by atoms with Crippen LogP contribution in [0.2, 0.25) is 0 Å². The molecule has 0 amide bonds. The Labute approximate surface area is 189 Å². The molecule has 5 rings (SSSR count). The second-order valence-electron chi connectivity index (χ2n) is 8.14. The minimum Gasteiger partial charge on any atom is -0.381 e. The predicted octanol–water partition coefficient (Wildman–Crippen LogP) is 7.02. The van der Waals surface area contributed by atoms with Crippen LogP contribution in [0.3, 0.4) is 0 Å². The molecular weight excluding hydrogens is 388 g/mol. The van der Waals surface area contributed by atoms with Crippen molar-refractivity contribution in [2.75, 3.05) is 5.32 Å². The van der Waals surface area contributed by atoms with Crippen LogP contribution in [0.4, 0.5) is 5.69 Å². The first-order valence-electron chi connectivity index (χ1n) is 11.0. The summed E-state index contributed by atoms with van der Waals surface area (Å²) in [5.74, 6) is 0. The van der Waals surface area contributed by atoms with Gasteiger partial charge in [0.15, 0.2) is 0 Å². The molecule has 0 atom stereocenters. The van der Waals surface area contributed by atoms with Crippen molar-refractivity contribution in [3.05, 3.63) is 131 Å². The zero-order valence-electron chi connectivity index (χ0n) is 17.9. The van der Waals surface area contributed by atoms with Gasteiger partial charge < -0.3 is 5.32 Å². The Morgan fingerprint density at radius 3 is 2.34 bits per heavy atom. The Morgan fingerprint density at radius 1 is 0.719 bits per heavy atom. The SMILES string of the molecule is N#CC=C1c2ccccc2CCc2cc(CNc3cccc(-c4ccccc4)c3)ccc21. The monoisotopic (exact) mass is 412 g/mol. The maximum Gasteiger partial charge on any atom is 0.0918 e. The third-order valence-electron chi connectivity index (χ3n) is 6.11. The van der Waals surface area contributed by atoms with E-state index >= 15 is 0 Å². The number of benzene rings is 4. The molecule has 2 heteroatoms. The molecule has 0 saturated carbocycles. The van der Waals surface area contributed by atoms with Crippen LogP contribution in [0.1, 0.15) is 27.8 Å². The Kier molecular flexibility index (Phi) is 5.56. The second kappa shape index (κ2) is 8.96. The molecule has 1 N–H and O–H groups in total. The molecule has 0 aromatic heterocycles. The lowest BCUT2D eigenvalue weighted by molar-refractivity contribution is 0.959. The Balaban J connectivity index is 1.39. The van der Waals surface area contributed by atoms with Gasteiger partial charge in [-0.3, -0.25) is 0 Å². The minimum atomic E-state index is 0.760. The van der Waals surface area contributed by atoms with E-state index in [2.05, 4.69) is 102 Å². The van der Waals surface area contributed by atoms with Gasteiger partial charge in [-0.1, -0.05) is 84.9 Å². The summed E-state index contributed by atoms with van der Waals surface area (Å²) >= 11 is 0. The molecule has 0 spiro atoms. The van der Waals surface area contributed by atoms with E-state index in [1.54, 1.807) is 6.08 Å². The van der Waals surface area contributed by atoms with Gasteiger partial charge in [0.05, 0.1) is 6.07 Å². The highest BCUT2D eigenvalue weighted by atomic mass is 14.9. The largest absolute Gasteiger partial charge is 0.381 e. The first-order chi connectivity index (χ1) is 15.8. The molecular formula is C30H24N2. The van der Waals surface area contributed by atoms with Gasteiger partial charge in [-0.2, -0.15) is 5.26 Å². The summed E-state index contributed by atoms with van der Waals surface area (Å²) in [6.45, 7) is 0.760. The number of hydrogen-bond acceptors (Lipinski definition) is 2. The maximum absolute atomic E-state index is 9.39. The topological polar surface area (TPSA) is 35.8 Å². The lowest BCUT2D eigenvalue weighted by Crippen LogP contribution is -2.02. The number of nitrogens with zero attached hydrogens (tertiary/aromatic N) is 1. The molecule has 4 aromatic carbocycles. The molecule has 0 radical (unpaired) electrons. The molecule has 1 aliphatic carbocycles. The van der Waals surface area contributed by atoms with Crippen LogP contribution in [-0.4, -0.2) is 0 Å². The molecule has 0 bridgehead atoms. The van der Waals surface area contributed by atoms with Gasteiger partial charge in [-0.15, -0.1) is 0 Å². The van der Waals surface area contributed by atoms with Crippen LogP contribution in [0, 0.1) is 11.3 Å². The Morgan fingerprint density at radius 2 is 1.47 bits per heavy atom. The number of anilines is 1. The zero-order chi connectivity index (χ0) is 21.8. The van der Waals surface area contributed by atoms with Crippen molar-refractivity contribution in [2.45, 2.75) is 19.4 Å². The first kappa shape index (κ1) is 19.8. The van der Waals surface area contributed by atoms with Crippen LogP contribution in [0.15, 0.2) is 103 Å². The highest BCUT2D eigenvalue weighted by Gasteiger charge is 2.18. The fraction of sp³-hybridized carbons (Fsp3) is 0.100. The van der Waals surface area contributed by atoms with Crippen molar-refractivity contribution in [1.82, 2.24) is 0 Å². The van der Waals surface area contributed by atoms with E-state index < -0.39 is 0 Å². The second-order valence-corrected chi connectivity index (χ2v) is 8.14.